The summed E-state index contributed by atoms with van der Waals surface area (Å²) in [5.74, 6) is 1.80. The Labute approximate surface area is 275 Å². The Kier molecular flexibility index (Phi) is 7.98. The van der Waals surface area contributed by atoms with E-state index in [4.69, 9.17) is 14.5 Å². The third-order valence-corrected chi connectivity index (χ3v) is 9.63. The minimum Gasteiger partial charge on any atom is -0.444 e. The van der Waals surface area contributed by atoms with Crippen molar-refractivity contribution < 1.29 is 19.1 Å². The van der Waals surface area contributed by atoms with Gasteiger partial charge < -0.3 is 25.0 Å². The van der Waals surface area contributed by atoms with Crippen LogP contribution in [0.1, 0.15) is 64.9 Å². The normalized spacial score (nSPS) is 20.0. The first-order valence-electron chi connectivity index (χ1n) is 16.6. The highest BCUT2D eigenvalue weighted by Crippen LogP contribution is 2.65. The molecule has 2 aromatic heterocycles. The fourth-order valence-corrected chi connectivity index (χ4v) is 6.92. The Morgan fingerprint density at radius 3 is 2.60 bits per heavy atom. The predicted octanol–water partition coefficient (Wildman–Crippen LogP) is 7.73. The summed E-state index contributed by atoms with van der Waals surface area (Å²) in [6, 6.07) is 15.6. The number of amides is 2. The molecule has 0 radical (unpaired) electrons. The highest BCUT2D eigenvalue weighted by Gasteiger charge is 2.60. The number of carbonyl (C=O) groups is 2. The number of fused-ring (bicyclic) bond motifs is 1. The number of hydrogen-bond acceptors (Lipinski definition) is 8. The summed E-state index contributed by atoms with van der Waals surface area (Å²) < 4.78 is 12.2. The summed E-state index contributed by atoms with van der Waals surface area (Å²) in [5, 5.41) is 8.45. The second kappa shape index (κ2) is 12.1. The molecule has 1 saturated heterocycles. The van der Waals surface area contributed by atoms with Crippen molar-refractivity contribution in [3.63, 3.8) is 0 Å². The van der Waals surface area contributed by atoms with E-state index >= 15 is 0 Å². The molecule has 2 aliphatic carbocycles. The van der Waals surface area contributed by atoms with Crippen molar-refractivity contribution in [2.75, 3.05) is 23.7 Å². The van der Waals surface area contributed by atoms with Crippen molar-refractivity contribution in [2.24, 2.45) is 11.3 Å². The van der Waals surface area contributed by atoms with Crippen LogP contribution in [0.4, 0.5) is 16.4 Å². The molecule has 3 fully saturated rings. The van der Waals surface area contributed by atoms with Crippen LogP contribution in [0.3, 0.4) is 0 Å². The molecule has 2 atom stereocenters. The smallest absolute Gasteiger partial charge is 0.410 e. The molecule has 3 aliphatic rings. The van der Waals surface area contributed by atoms with Gasteiger partial charge in [0.15, 0.2) is 0 Å². The molecule has 2 amide bonds. The minimum absolute atomic E-state index is 0.0108. The van der Waals surface area contributed by atoms with Crippen LogP contribution in [0.15, 0.2) is 60.9 Å². The first-order chi connectivity index (χ1) is 22.6. The average molecular weight is 635 g/mol. The molecule has 1 aliphatic heterocycles. The molecule has 47 heavy (non-hydrogen) atoms. The van der Waals surface area contributed by atoms with Gasteiger partial charge in [-0.15, -0.1) is 0 Å². The van der Waals surface area contributed by atoms with Crippen LogP contribution in [-0.2, 0) is 9.53 Å². The second-order valence-electron chi connectivity index (χ2n) is 14.2. The number of likely N-dealkylation sites (tertiary alicyclic amines) is 1. The van der Waals surface area contributed by atoms with Gasteiger partial charge in [-0.25, -0.2) is 19.7 Å². The lowest BCUT2D eigenvalue weighted by molar-refractivity contribution is -0.118. The van der Waals surface area contributed by atoms with Crippen molar-refractivity contribution >= 4 is 34.4 Å². The molecular weight excluding hydrogens is 592 g/mol. The monoisotopic (exact) mass is 634 g/mol. The van der Waals surface area contributed by atoms with Gasteiger partial charge >= 0.3 is 6.09 Å². The lowest BCUT2D eigenvalue weighted by atomic mass is 9.79. The van der Waals surface area contributed by atoms with Gasteiger partial charge in [0.25, 0.3) is 0 Å². The number of hydrogen-bond donors (Lipinski definition) is 2. The van der Waals surface area contributed by atoms with Crippen LogP contribution in [0.25, 0.3) is 22.0 Å². The maximum Gasteiger partial charge on any atom is 0.410 e. The zero-order valence-corrected chi connectivity index (χ0v) is 27.5. The third kappa shape index (κ3) is 6.46. The average Bonchev–Trinajstić information content (AvgIpc) is 3.80. The molecule has 10 heteroatoms. The van der Waals surface area contributed by atoms with Gasteiger partial charge in [0.05, 0.1) is 11.3 Å². The first-order valence-corrected chi connectivity index (χ1v) is 16.6. The fraction of sp³-hybridized carbons (Fsp3) is 0.432. The Bertz CT molecular complexity index is 1830. The van der Waals surface area contributed by atoms with Crippen molar-refractivity contribution in [1.29, 1.82) is 0 Å². The Morgan fingerprint density at radius 1 is 0.979 bits per heavy atom. The van der Waals surface area contributed by atoms with Gasteiger partial charge in [-0.2, -0.15) is 0 Å². The third-order valence-electron chi connectivity index (χ3n) is 9.63. The summed E-state index contributed by atoms with van der Waals surface area (Å²) in [4.78, 5) is 41.4. The standard InChI is InChI=1S/C37H42N6O4/c1-23-13-14-25-26(10-5-12-29(25)41-32(44)28-21-37(28)16-8-17-37)31(23)46-33-27(11-6-18-38-33)30-15-19-39-34(42-30)40-24-9-7-20-43(22-24)35(45)47-36(2,3)4/h5-6,10-15,18-19,24,28H,7-9,16-17,20-22H2,1-4H3,(H,41,44)(H,39,40,42)/t24-,28?/m0/s1. The van der Waals surface area contributed by atoms with Crippen molar-refractivity contribution in [3.05, 3.63) is 66.5 Å². The summed E-state index contributed by atoms with van der Waals surface area (Å²) in [6.45, 7) is 8.79. The molecule has 7 rings (SSSR count). The van der Waals surface area contributed by atoms with Gasteiger partial charge in [0, 0.05) is 53.9 Å². The molecular formula is C37H42N6O4. The Hall–Kier alpha value is -4.73. The van der Waals surface area contributed by atoms with Crippen LogP contribution in [0.2, 0.25) is 0 Å². The summed E-state index contributed by atoms with van der Waals surface area (Å²) >= 11 is 0. The molecule has 2 aromatic carbocycles. The number of piperidine rings is 1. The quantitative estimate of drug-likeness (QED) is 0.212. The van der Waals surface area contributed by atoms with E-state index in [-0.39, 0.29) is 29.4 Å². The van der Waals surface area contributed by atoms with Crippen molar-refractivity contribution in [2.45, 2.75) is 77.9 Å². The van der Waals surface area contributed by atoms with Crippen LogP contribution in [0.5, 0.6) is 11.6 Å². The van der Waals surface area contributed by atoms with Crippen LogP contribution in [0, 0.1) is 18.3 Å². The zero-order chi connectivity index (χ0) is 32.8. The van der Waals surface area contributed by atoms with E-state index in [2.05, 4.69) is 20.6 Å². The number of nitrogens with zero attached hydrogens (tertiary/aromatic N) is 4. The fourth-order valence-electron chi connectivity index (χ4n) is 6.92. The number of rotatable bonds is 7. The molecule has 2 N–H and O–H groups in total. The zero-order valence-electron chi connectivity index (χ0n) is 27.5. The topological polar surface area (TPSA) is 119 Å². The van der Waals surface area contributed by atoms with E-state index < -0.39 is 5.60 Å². The number of aromatic nitrogens is 3. The maximum absolute atomic E-state index is 13.1. The van der Waals surface area contributed by atoms with Gasteiger partial charge in [0.1, 0.15) is 11.4 Å². The lowest BCUT2D eigenvalue weighted by Crippen LogP contribution is -2.47. The second-order valence-corrected chi connectivity index (χ2v) is 14.2. The Balaban J connectivity index is 1.10. The number of benzene rings is 2. The number of ether oxygens (including phenoxy) is 2. The van der Waals surface area contributed by atoms with Crippen LogP contribution >= 0.6 is 0 Å². The van der Waals surface area contributed by atoms with Gasteiger partial charge in [-0.05, 0) is 95.0 Å². The number of aryl methyl sites for hydroxylation is 1. The van der Waals surface area contributed by atoms with E-state index in [9.17, 15) is 9.59 Å². The predicted molar refractivity (Wildman–Crippen MR) is 181 cm³/mol. The van der Waals surface area contributed by atoms with Crippen LogP contribution < -0.4 is 15.4 Å². The molecule has 1 unspecified atom stereocenters. The summed E-state index contributed by atoms with van der Waals surface area (Å²) in [6.07, 6.45) is 9.42. The van der Waals surface area contributed by atoms with Crippen molar-refractivity contribution in [1.82, 2.24) is 19.9 Å². The molecule has 10 nitrogen and oxygen atoms in total. The highest BCUT2D eigenvalue weighted by molar-refractivity contribution is 6.06. The number of pyridine rings is 1. The van der Waals surface area contributed by atoms with E-state index in [0.717, 1.165) is 46.8 Å². The largest absolute Gasteiger partial charge is 0.444 e. The molecule has 3 heterocycles. The lowest BCUT2D eigenvalue weighted by Gasteiger charge is -2.34. The van der Waals surface area contributed by atoms with Crippen molar-refractivity contribution in [3.8, 4) is 22.9 Å². The summed E-state index contributed by atoms with van der Waals surface area (Å²) in [7, 11) is 0. The Morgan fingerprint density at radius 2 is 1.83 bits per heavy atom. The molecule has 244 valence electrons. The maximum atomic E-state index is 13.1. The molecule has 0 bridgehead atoms. The molecule has 1 spiro atoms. The molecule has 4 aromatic rings. The highest BCUT2D eigenvalue weighted by atomic mass is 16.6. The van der Waals surface area contributed by atoms with Gasteiger partial charge in [-0.1, -0.05) is 30.7 Å². The molecule has 2 saturated carbocycles. The first kappa shape index (κ1) is 30.9. The summed E-state index contributed by atoms with van der Waals surface area (Å²) in [5.41, 5.74) is 2.84. The minimum atomic E-state index is -0.545. The number of nitrogens with one attached hydrogen (secondary N) is 2. The SMILES string of the molecule is Cc1ccc2c(NC(=O)C3CC34CCC4)cccc2c1Oc1ncccc1-c1ccnc(N[C@H]2CCCN(C(=O)OC(C)(C)C)C2)n1. The van der Waals surface area contributed by atoms with E-state index in [0.29, 0.717) is 36.4 Å². The van der Waals surface area contributed by atoms with Crippen LogP contribution in [-0.4, -0.2) is 56.6 Å². The van der Waals surface area contributed by atoms with Gasteiger partial charge in [-0.3, -0.25) is 4.79 Å². The van der Waals surface area contributed by atoms with Gasteiger partial charge in [0.2, 0.25) is 17.7 Å². The number of anilines is 2. The number of carbonyl (C=O) groups excluding carboxylic acids is 2. The van der Waals surface area contributed by atoms with E-state index in [1.165, 1.54) is 19.3 Å². The van der Waals surface area contributed by atoms with E-state index in [1.807, 2.05) is 76.2 Å². The van der Waals surface area contributed by atoms with E-state index in [1.54, 1.807) is 17.3 Å².